The highest BCUT2D eigenvalue weighted by Gasteiger charge is 2.34. The number of benzene rings is 1. The topological polar surface area (TPSA) is 279 Å². The Morgan fingerprint density at radius 2 is 1.28 bits per heavy atom. The number of carboxylic acids is 1. The average Bonchev–Trinajstić information content (AvgIpc) is 3.63. The van der Waals surface area contributed by atoms with Crippen molar-refractivity contribution in [1.29, 1.82) is 0 Å². The summed E-state index contributed by atoms with van der Waals surface area (Å²) in [6.07, 6.45) is 1.71. The van der Waals surface area contributed by atoms with E-state index in [0.29, 0.717) is 31.5 Å². The summed E-state index contributed by atoms with van der Waals surface area (Å²) in [7, 11) is 0. The Bertz CT molecular complexity index is 1380. The number of carbonyl (C=O) groups is 6. The molecule has 304 valence electrons. The lowest BCUT2D eigenvalue weighted by Gasteiger charge is -2.28. The molecule has 17 heteroatoms. The molecule has 1 fully saturated rings. The molecule has 1 aliphatic heterocycles. The van der Waals surface area contributed by atoms with Crippen LogP contribution < -0.4 is 48.7 Å². The first-order chi connectivity index (χ1) is 25.4. The zero-order valence-electron chi connectivity index (χ0n) is 32.4. The van der Waals surface area contributed by atoms with Gasteiger partial charge in [-0.15, -0.1) is 0 Å². The van der Waals surface area contributed by atoms with Crippen LogP contribution >= 0.6 is 0 Å². The van der Waals surface area contributed by atoms with Crippen molar-refractivity contribution in [3.63, 3.8) is 0 Å². The van der Waals surface area contributed by atoms with Crippen LogP contribution in [-0.4, -0.2) is 101 Å². The molecule has 0 spiro atoms. The first-order valence-electron chi connectivity index (χ1n) is 18.9. The lowest BCUT2D eigenvalue weighted by atomic mass is 9.98. The quantitative estimate of drug-likeness (QED) is 0.0498. The van der Waals surface area contributed by atoms with Crippen molar-refractivity contribution in [3.05, 3.63) is 29.8 Å². The summed E-state index contributed by atoms with van der Waals surface area (Å²) in [6, 6.07) is -0.0211. The van der Waals surface area contributed by atoms with Gasteiger partial charge in [0.15, 0.2) is 0 Å². The van der Waals surface area contributed by atoms with Gasteiger partial charge in [-0.2, -0.15) is 0 Å². The van der Waals surface area contributed by atoms with Crippen LogP contribution in [0.4, 0.5) is 0 Å². The highest BCUT2D eigenvalue weighted by Crippen LogP contribution is 2.15. The number of nitrogens with two attached hydrogens (primary N) is 2. The van der Waals surface area contributed by atoms with E-state index < -0.39 is 78.1 Å². The van der Waals surface area contributed by atoms with Crippen molar-refractivity contribution in [1.82, 2.24) is 37.2 Å². The third-order valence-electron chi connectivity index (χ3n) is 8.98. The first kappa shape index (κ1) is 45.8. The minimum absolute atomic E-state index is 0.00214. The number of aliphatic carboxylic acids is 1. The second-order valence-corrected chi connectivity index (χ2v) is 15.2. The van der Waals surface area contributed by atoms with Crippen molar-refractivity contribution in [2.75, 3.05) is 13.1 Å². The fourth-order valence-electron chi connectivity index (χ4n) is 6.09. The Morgan fingerprint density at radius 3 is 1.76 bits per heavy atom. The number of aromatic hydroxyl groups is 1. The largest absolute Gasteiger partial charge is 0.508 e. The van der Waals surface area contributed by atoms with Gasteiger partial charge >= 0.3 is 5.97 Å². The number of amides is 5. The molecule has 0 bridgehead atoms. The fraction of sp³-hybridized carbons (Fsp3) is 0.676. The molecule has 0 aromatic heterocycles. The number of rotatable bonds is 23. The maximum atomic E-state index is 14.0. The van der Waals surface area contributed by atoms with Crippen LogP contribution in [0.1, 0.15) is 85.6 Å². The van der Waals surface area contributed by atoms with Gasteiger partial charge in [0.2, 0.25) is 29.5 Å². The van der Waals surface area contributed by atoms with Crippen LogP contribution in [0.5, 0.6) is 5.75 Å². The molecule has 1 aromatic carbocycles. The van der Waals surface area contributed by atoms with Gasteiger partial charge in [-0.25, -0.2) is 4.79 Å². The van der Waals surface area contributed by atoms with Crippen molar-refractivity contribution < 1.29 is 39.0 Å². The lowest BCUT2D eigenvalue weighted by Crippen LogP contribution is -2.60. The molecule has 5 amide bonds. The van der Waals surface area contributed by atoms with E-state index in [9.17, 15) is 39.0 Å². The van der Waals surface area contributed by atoms with Crippen molar-refractivity contribution in [2.45, 2.75) is 129 Å². The predicted molar refractivity (Wildman–Crippen MR) is 203 cm³/mol. The Balaban J connectivity index is 2.36. The van der Waals surface area contributed by atoms with Crippen LogP contribution in [0.25, 0.3) is 0 Å². The summed E-state index contributed by atoms with van der Waals surface area (Å²) < 4.78 is 0. The van der Waals surface area contributed by atoms with Crippen molar-refractivity contribution >= 4 is 35.5 Å². The highest BCUT2D eigenvalue weighted by atomic mass is 16.4. The number of phenols is 1. The number of nitrogens with one attached hydrogen (secondary N) is 7. The standard InChI is InChI=1S/C37H63N9O8/c1-20(2)17-27(43-32(49)26(10-8-16-41-37(38)39)42-31(48)25-9-7-15-40-25)33(50)45-29(19-23-11-13-24(47)14-12-23)34(51)44-28(18-21(3)4)35(52)46-30(22(5)6)36(53)54/h11-14,20-22,25-30,37,40-41,47H,7-10,15-19,38-39H2,1-6H3,(H,42,48)(H,43,49)(H,44,51)(H,45,50)(H,46,52)(H,53,54)/t25-,26-,27-,28-,29-,30-/m0/s1. The average molecular weight is 762 g/mol. The third kappa shape index (κ3) is 16.4. The SMILES string of the molecule is CC(C)C[C@H](NC(=O)[C@H](CCCNC(N)N)NC(=O)[C@@H]1CCCN1)C(=O)N[C@@H](Cc1ccc(O)cc1)C(=O)N[C@@H](CC(C)C)C(=O)N[C@H](C(=O)O)C(C)C. The van der Waals surface area contributed by atoms with Crippen LogP contribution in [0.2, 0.25) is 0 Å². The van der Waals surface area contributed by atoms with E-state index in [2.05, 4.69) is 37.2 Å². The number of carboxylic acid groups (broad SMARTS) is 1. The van der Waals surface area contributed by atoms with Gasteiger partial charge in [0.25, 0.3) is 0 Å². The maximum Gasteiger partial charge on any atom is 0.326 e. The lowest BCUT2D eigenvalue weighted by molar-refractivity contribution is -0.143. The van der Waals surface area contributed by atoms with E-state index in [1.165, 1.54) is 12.1 Å². The Labute approximate surface area is 318 Å². The van der Waals surface area contributed by atoms with Gasteiger partial charge in [-0.1, -0.05) is 53.7 Å². The minimum atomic E-state index is -1.24. The molecular formula is C37H63N9O8. The van der Waals surface area contributed by atoms with Crippen LogP contribution in [0, 0.1) is 17.8 Å². The van der Waals surface area contributed by atoms with Crippen LogP contribution in [0.15, 0.2) is 24.3 Å². The second kappa shape index (κ2) is 22.8. The Morgan fingerprint density at radius 1 is 0.759 bits per heavy atom. The van der Waals surface area contributed by atoms with Crippen LogP contribution in [-0.2, 0) is 35.2 Å². The minimum Gasteiger partial charge on any atom is -0.508 e. The van der Waals surface area contributed by atoms with Gasteiger partial charge < -0.3 is 53.6 Å². The third-order valence-corrected chi connectivity index (χ3v) is 8.98. The van der Waals surface area contributed by atoms with E-state index in [-0.39, 0.29) is 49.2 Å². The zero-order chi connectivity index (χ0) is 40.5. The smallest absolute Gasteiger partial charge is 0.326 e. The van der Waals surface area contributed by atoms with Crippen molar-refractivity contribution in [3.8, 4) is 5.75 Å². The molecule has 0 aliphatic carbocycles. The molecule has 17 nitrogen and oxygen atoms in total. The Kier molecular flexibility index (Phi) is 19.3. The van der Waals surface area contributed by atoms with E-state index in [4.69, 9.17) is 11.5 Å². The fourth-order valence-corrected chi connectivity index (χ4v) is 6.09. The van der Waals surface area contributed by atoms with Crippen LogP contribution in [0.3, 0.4) is 0 Å². The highest BCUT2D eigenvalue weighted by molar-refractivity contribution is 5.96. The molecule has 0 saturated carbocycles. The van der Waals surface area contributed by atoms with Gasteiger partial charge in [0, 0.05) is 6.42 Å². The summed E-state index contributed by atoms with van der Waals surface area (Å²) in [5.74, 6) is -4.72. The molecule has 1 aromatic rings. The number of carbonyl (C=O) groups excluding carboxylic acids is 5. The van der Waals surface area contributed by atoms with Crippen molar-refractivity contribution in [2.24, 2.45) is 29.2 Å². The summed E-state index contributed by atoms with van der Waals surface area (Å²) in [5, 5.41) is 39.1. The number of hydrogen-bond donors (Lipinski definition) is 11. The molecule has 2 rings (SSSR count). The molecule has 1 saturated heterocycles. The zero-order valence-corrected chi connectivity index (χ0v) is 32.4. The molecule has 0 unspecified atom stereocenters. The number of hydrogen-bond acceptors (Lipinski definition) is 11. The van der Waals surface area contributed by atoms with Gasteiger partial charge in [-0.3, -0.25) is 29.3 Å². The molecule has 1 heterocycles. The second-order valence-electron chi connectivity index (χ2n) is 15.2. The normalized spacial score (nSPS) is 17.1. The van der Waals surface area contributed by atoms with Gasteiger partial charge in [0.05, 0.1) is 6.04 Å². The maximum absolute atomic E-state index is 14.0. The summed E-state index contributed by atoms with van der Waals surface area (Å²) in [6.45, 7) is 11.8. The Hall–Kier alpha value is -4.32. The van der Waals surface area contributed by atoms with E-state index in [1.807, 2.05) is 27.7 Å². The number of phenolic OH excluding ortho intramolecular Hbond substituents is 1. The molecule has 6 atom stereocenters. The van der Waals surface area contributed by atoms with E-state index >= 15 is 0 Å². The molecule has 13 N–H and O–H groups in total. The molecule has 54 heavy (non-hydrogen) atoms. The van der Waals surface area contributed by atoms with E-state index in [0.717, 1.165) is 6.42 Å². The van der Waals surface area contributed by atoms with Gasteiger partial charge in [0.1, 0.15) is 42.2 Å². The molecule has 0 radical (unpaired) electrons. The summed E-state index contributed by atoms with van der Waals surface area (Å²) in [5.41, 5.74) is 11.7. The first-order valence-corrected chi connectivity index (χ1v) is 18.9. The summed E-state index contributed by atoms with van der Waals surface area (Å²) in [4.78, 5) is 80.0. The van der Waals surface area contributed by atoms with E-state index in [1.54, 1.807) is 26.0 Å². The van der Waals surface area contributed by atoms with Gasteiger partial charge in [-0.05, 0) is 87.1 Å². The monoisotopic (exact) mass is 761 g/mol. The predicted octanol–water partition coefficient (Wildman–Crippen LogP) is -0.486. The molecular weight excluding hydrogens is 698 g/mol. The summed E-state index contributed by atoms with van der Waals surface area (Å²) >= 11 is 0. The molecule has 1 aliphatic rings.